The first-order valence-corrected chi connectivity index (χ1v) is 15.5. The van der Waals surface area contributed by atoms with Crippen LogP contribution in [0, 0.1) is 23.7 Å². The third kappa shape index (κ3) is 5.89. The zero-order valence-corrected chi connectivity index (χ0v) is 25.2. The Morgan fingerprint density at radius 1 is 0.261 bits per heavy atom. The van der Waals surface area contributed by atoms with E-state index in [1.54, 1.807) is 0 Å². The van der Waals surface area contributed by atoms with Crippen molar-refractivity contribution >= 4 is 55.2 Å². The molecule has 0 amide bonds. The van der Waals surface area contributed by atoms with Crippen molar-refractivity contribution in [1.82, 2.24) is 0 Å². The molecule has 8 aromatic carbocycles. The van der Waals surface area contributed by atoms with E-state index in [1.165, 1.54) is 54.2 Å². The van der Waals surface area contributed by atoms with Gasteiger partial charge in [0.1, 0.15) is 0 Å². The van der Waals surface area contributed by atoms with Crippen LogP contribution in [0.25, 0.3) is 55.2 Å². The molecular weight excluding hydrogens is 553 g/mol. The molecule has 0 aliphatic rings. The third-order valence-electron chi connectivity index (χ3n) is 8.36. The van der Waals surface area contributed by atoms with E-state index in [4.69, 9.17) is 0 Å². The van der Waals surface area contributed by atoms with Crippen LogP contribution < -0.4 is 0 Å². The molecule has 0 N–H and O–H groups in total. The molecule has 0 saturated heterocycles. The van der Waals surface area contributed by atoms with Crippen molar-refractivity contribution in [2.75, 3.05) is 0 Å². The number of hydrogen-bond donors (Lipinski definition) is 0. The third-order valence-corrected chi connectivity index (χ3v) is 8.36. The van der Waals surface area contributed by atoms with Crippen LogP contribution in [0.4, 0.5) is 0 Å². The van der Waals surface area contributed by atoms with Gasteiger partial charge in [0.2, 0.25) is 0 Å². The minimum atomic E-state index is 1.02. The molecule has 46 heavy (non-hydrogen) atoms. The van der Waals surface area contributed by atoms with Crippen LogP contribution in [0.1, 0.15) is 33.4 Å². The Labute approximate surface area is 269 Å². The van der Waals surface area contributed by atoms with E-state index in [0.29, 0.717) is 0 Å². The van der Waals surface area contributed by atoms with Crippen molar-refractivity contribution in [2.45, 2.75) is 0 Å². The van der Waals surface area contributed by atoms with Gasteiger partial charge in [0.25, 0.3) is 0 Å². The summed E-state index contributed by atoms with van der Waals surface area (Å²) in [7, 11) is 0. The summed E-state index contributed by atoms with van der Waals surface area (Å²) in [5.74, 6) is 13.1. The minimum Gasteiger partial charge on any atom is -0.0622 e. The fraction of sp³-hybridized carbons (Fsp3) is 0. The van der Waals surface area contributed by atoms with Crippen LogP contribution in [0.2, 0.25) is 0 Å². The fourth-order valence-electron chi connectivity index (χ4n) is 5.92. The van der Waals surface area contributed by atoms with E-state index in [1.807, 2.05) is 60.7 Å². The lowest BCUT2D eigenvalue weighted by Gasteiger charge is -2.06. The average molecular weight is 581 g/mol. The highest BCUT2D eigenvalue weighted by atomic mass is 14.1. The predicted molar refractivity (Wildman–Crippen MR) is 197 cm³/mol. The maximum absolute atomic E-state index is 3.31. The highest BCUT2D eigenvalue weighted by Crippen LogP contribution is 2.27. The Morgan fingerprint density at radius 2 is 0.609 bits per heavy atom. The molecule has 0 fully saturated rings. The van der Waals surface area contributed by atoms with E-state index in [0.717, 1.165) is 22.3 Å². The van der Waals surface area contributed by atoms with E-state index in [-0.39, 0.29) is 0 Å². The van der Waals surface area contributed by atoms with Crippen molar-refractivity contribution in [3.05, 3.63) is 191 Å². The van der Waals surface area contributed by atoms with Crippen LogP contribution in [-0.2, 0) is 0 Å². The van der Waals surface area contributed by atoms with Crippen molar-refractivity contribution in [3.8, 4) is 23.7 Å². The molecule has 0 spiro atoms. The normalized spacial score (nSPS) is 11.0. The molecule has 0 aliphatic carbocycles. The van der Waals surface area contributed by atoms with Gasteiger partial charge in [-0.25, -0.2) is 0 Å². The number of hydrogen-bond acceptors (Lipinski definition) is 0. The second-order valence-electron chi connectivity index (χ2n) is 11.6. The zero-order chi connectivity index (χ0) is 30.7. The molecule has 0 radical (unpaired) electrons. The highest BCUT2D eigenvalue weighted by molar-refractivity contribution is 6.01. The van der Waals surface area contributed by atoms with Gasteiger partial charge in [-0.15, -0.1) is 0 Å². The molecule has 0 atom stereocenters. The first-order valence-electron chi connectivity index (χ1n) is 15.5. The Hall–Kier alpha value is -6.34. The second-order valence-corrected chi connectivity index (χ2v) is 11.6. The number of benzene rings is 8. The maximum Gasteiger partial charge on any atom is 0.0255 e. The lowest BCUT2D eigenvalue weighted by atomic mass is 9.99. The van der Waals surface area contributed by atoms with Gasteiger partial charge >= 0.3 is 0 Å². The summed E-state index contributed by atoms with van der Waals surface area (Å²) in [5, 5.41) is 9.76. The maximum atomic E-state index is 3.31. The van der Waals surface area contributed by atoms with Gasteiger partial charge in [0.05, 0.1) is 0 Å². The topological polar surface area (TPSA) is 0 Å². The molecule has 0 unspecified atom stereocenters. The van der Waals surface area contributed by atoms with Gasteiger partial charge < -0.3 is 0 Å². The summed E-state index contributed by atoms with van der Waals surface area (Å²) >= 11 is 0. The summed E-state index contributed by atoms with van der Waals surface area (Å²) in [6, 6.07) is 55.6. The molecule has 0 aromatic heterocycles. The number of fused-ring (bicyclic) bond motifs is 4. The van der Waals surface area contributed by atoms with Gasteiger partial charge in [0, 0.05) is 22.3 Å². The summed E-state index contributed by atoms with van der Waals surface area (Å²) in [4.78, 5) is 0. The Balaban J connectivity index is 1.03. The summed E-state index contributed by atoms with van der Waals surface area (Å²) in [6.45, 7) is 0. The Bertz CT molecular complexity index is 2380. The van der Waals surface area contributed by atoms with Gasteiger partial charge in [-0.3, -0.25) is 0 Å². The van der Waals surface area contributed by atoms with Crippen LogP contribution >= 0.6 is 0 Å². The molecule has 0 aliphatic heterocycles. The van der Waals surface area contributed by atoms with Crippen LogP contribution in [0.5, 0.6) is 0 Å². The Morgan fingerprint density at radius 3 is 1.02 bits per heavy atom. The van der Waals surface area contributed by atoms with E-state index >= 15 is 0 Å². The van der Waals surface area contributed by atoms with Gasteiger partial charge in [-0.2, -0.15) is 0 Å². The standard InChI is InChI=1S/C46H28/c1-3-7-33(8-4-1)11-13-35-17-21-39-31-45-27-37(19-23-41(45)29-43(39)25-35)15-16-38-20-24-42-30-44-26-36(14-12-34-9-5-2-6-10-34)18-22-40(44)32-46(42)28-38/h1-10,15-32H. The van der Waals surface area contributed by atoms with Gasteiger partial charge in [0.15, 0.2) is 0 Å². The smallest absolute Gasteiger partial charge is 0.0255 e. The van der Waals surface area contributed by atoms with Crippen molar-refractivity contribution in [1.29, 1.82) is 0 Å². The lowest BCUT2D eigenvalue weighted by molar-refractivity contribution is 1.64. The monoisotopic (exact) mass is 580 g/mol. The van der Waals surface area contributed by atoms with Crippen molar-refractivity contribution < 1.29 is 0 Å². The summed E-state index contributed by atoms with van der Waals surface area (Å²) < 4.78 is 0. The first-order chi connectivity index (χ1) is 22.7. The SMILES string of the molecule is C(#Cc1ccc2cc3cc(C=Cc4ccc5cc6cc(C#Cc7ccccc7)ccc6cc5c4)ccc3cc2c1)c1ccccc1. The molecule has 0 heteroatoms. The van der Waals surface area contributed by atoms with Gasteiger partial charge in [-0.1, -0.05) is 109 Å². The zero-order valence-electron chi connectivity index (χ0n) is 25.2. The average Bonchev–Trinajstić information content (AvgIpc) is 3.11. The first kappa shape index (κ1) is 27.2. The molecule has 8 aromatic rings. The minimum absolute atomic E-state index is 1.02. The molecular formula is C46H28. The van der Waals surface area contributed by atoms with E-state index in [2.05, 4.69) is 133 Å². The molecule has 0 bridgehead atoms. The molecule has 0 nitrogen and oxygen atoms in total. The molecule has 0 heterocycles. The fourth-order valence-corrected chi connectivity index (χ4v) is 5.92. The van der Waals surface area contributed by atoms with Crippen LogP contribution in [0.3, 0.4) is 0 Å². The largest absolute Gasteiger partial charge is 0.0622 e. The molecule has 0 saturated carbocycles. The predicted octanol–water partition coefficient (Wildman–Crippen LogP) is 11.3. The molecule has 212 valence electrons. The van der Waals surface area contributed by atoms with Crippen LogP contribution in [0.15, 0.2) is 158 Å². The van der Waals surface area contributed by atoms with Crippen LogP contribution in [-0.4, -0.2) is 0 Å². The lowest BCUT2D eigenvalue weighted by Crippen LogP contribution is -1.82. The van der Waals surface area contributed by atoms with Crippen molar-refractivity contribution in [3.63, 3.8) is 0 Å². The summed E-state index contributed by atoms with van der Waals surface area (Å²) in [6.07, 6.45) is 4.40. The second kappa shape index (κ2) is 12.0. The van der Waals surface area contributed by atoms with E-state index in [9.17, 15) is 0 Å². The number of rotatable bonds is 2. The highest BCUT2D eigenvalue weighted by Gasteiger charge is 2.03. The molecule has 8 rings (SSSR count). The van der Waals surface area contributed by atoms with E-state index < -0.39 is 0 Å². The van der Waals surface area contributed by atoms with Crippen molar-refractivity contribution in [2.24, 2.45) is 0 Å². The summed E-state index contributed by atoms with van der Waals surface area (Å²) in [5.41, 5.74) is 6.46. The Kier molecular flexibility index (Phi) is 7.09. The van der Waals surface area contributed by atoms with Gasteiger partial charge in [-0.05, 0) is 139 Å². The quantitative estimate of drug-likeness (QED) is 0.108.